The van der Waals surface area contributed by atoms with E-state index in [-0.39, 0.29) is 10.6 Å². The first-order valence-corrected chi connectivity index (χ1v) is 7.64. The molecule has 5 nitrogen and oxygen atoms in total. The molecular formula is C16H24N2O3. The van der Waals surface area contributed by atoms with E-state index >= 15 is 0 Å². The Morgan fingerprint density at radius 3 is 2.81 bits per heavy atom. The zero-order chi connectivity index (χ0) is 15.2. The van der Waals surface area contributed by atoms with Crippen molar-refractivity contribution in [2.45, 2.75) is 39.2 Å². The zero-order valence-electron chi connectivity index (χ0n) is 12.8. The van der Waals surface area contributed by atoms with Gasteiger partial charge in [0.05, 0.1) is 12.0 Å². The quantitative estimate of drug-likeness (QED) is 0.643. The predicted molar refractivity (Wildman–Crippen MR) is 82.5 cm³/mol. The highest BCUT2D eigenvalue weighted by atomic mass is 16.6. The second kappa shape index (κ2) is 7.41. The summed E-state index contributed by atoms with van der Waals surface area (Å²) in [4.78, 5) is 10.5. The lowest BCUT2D eigenvalue weighted by Crippen LogP contribution is -2.29. The van der Waals surface area contributed by atoms with Crippen LogP contribution in [-0.2, 0) is 6.54 Å². The third kappa shape index (κ3) is 4.17. The maximum atomic E-state index is 10.9. The van der Waals surface area contributed by atoms with Crippen molar-refractivity contribution < 1.29 is 9.66 Å². The van der Waals surface area contributed by atoms with Gasteiger partial charge in [-0.2, -0.15) is 0 Å². The highest BCUT2D eigenvalue weighted by molar-refractivity contribution is 5.43. The van der Waals surface area contributed by atoms with Crippen LogP contribution >= 0.6 is 0 Å². The van der Waals surface area contributed by atoms with Gasteiger partial charge in [0.15, 0.2) is 0 Å². The van der Waals surface area contributed by atoms with Gasteiger partial charge in [0.25, 0.3) is 5.69 Å². The van der Waals surface area contributed by atoms with Crippen LogP contribution in [0.1, 0.15) is 38.2 Å². The van der Waals surface area contributed by atoms with Crippen LogP contribution in [0.2, 0.25) is 0 Å². The van der Waals surface area contributed by atoms with Crippen LogP contribution in [0.4, 0.5) is 5.69 Å². The predicted octanol–water partition coefficient (Wildman–Crippen LogP) is 3.52. The van der Waals surface area contributed by atoms with E-state index in [0.717, 1.165) is 18.0 Å². The highest BCUT2D eigenvalue weighted by Crippen LogP contribution is 2.29. The Labute approximate surface area is 125 Å². The number of benzene rings is 1. The average molecular weight is 292 g/mol. The number of non-ortho nitro benzene ring substituents is 1. The number of ether oxygens (including phenoxy) is 1. The fraction of sp³-hybridized carbons (Fsp3) is 0.625. The number of rotatable bonds is 6. The largest absolute Gasteiger partial charge is 0.496 e. The Bertz CT molecular complexity index is 490. The minimum absolute atomic E-state index is 0.110. The van der Waals surface area contributed by atoms with E-state index in [1.807, 2.05) is 0 Å². The molecule has 0 heterocycles. The molecule has 1 aliphatic rings. The molecule has 2 atom stereocenters. The number of nitro groups is 1. The molecule has 1 N–H and O–H groups in total. The van der Waals surface area contributed by atoms with E-state index < -0.39 is 0 Å². The maximum absolute atomic E-state index is 10.9. The molecule has 0 saturated heterocycles. The van der Waals surface area contributed by atoms with Crippen LogP contribution in [-0.4, -0.2) is 18.6 Å². The molecular weight excluding hydrogens is 268 g/mol. The van der Waals surface area contributed by atoms with Crippen molar-refractivity contribution in [2.24, 2.45) is 11.8 Å². The Morgan fingerprint density at radius 1 is 1.38 bits per heavy atom. The Balaban J connectivity index is 1.95. The van der Waals surface area contributed by atoms with Crippen molar-refractivity contribution in [1.82, 2.24) is 5.32 Å². The number of hydrogen-bond acceptors (Lipinski definition) is 4. The van der Waals surface area contributed by atoms with Crippen LogP contribution in [0.5, 0.6) is 5.75 Å². The molecule has 1 saturated carbocycles. The van der Waals surface area contributed by atoms with Gasteiger partial charge in [-0.3, -0.25) is 10.1 Å². The van der Waals surface area contributed by atoms with Gasteiger partial charge >= 0.3 is 0 Å². The fourth-order valence-corrected chi connectivity index (χ4v) is 3.11. The van der Waals surface area contributed by atoms with Crippen molar-refractivity contribution in [2.75, 3.05) is 13.7 Å². The third-order valence-electron chi connectivity index (χ3n) is 4.49. The van der Waals surface area contributed by atoms with E-state index in [1.165, 1.54) is 31.7 Å². The SMILES string of the molecule is COc1ccc([N+](=O)[O-])cc1CNCC1CCCCC1C. The first kappa shape index (κ1) is 15.8. The van der Waals surface area contributed by atoms with Crippen molar-refractivity contribution in [3.8, 4) is 5.75 Å². The molecule has 116 valence electrons. The third-order valence-corrected chi connectivity index (χ3v) is 4.49. The molecule has 2 rings (SSSR count). The molecule has 0 bridgehead atoms. The Hall–Kier alpha value is -1.62. The summed E-state index contributed by atoms with van der Waals surface area (Å²) in [5.41, 5.74) is 0.953. The number of methoxy groups -OCH3 is 1. The summed E-state index contributed by atoms with van der Waals surface area (Å²) in [6, 6.07) is 4.74. The molecule has 5 heteroatoms. The van der Waals surface area contributed by atoms with Crippen molar-refractivity contribution in [3.05, 3.63) is 33.9 Å². The van der Waals surface area contributed by atoms with Crippen LogP contribution in [0, 0.1) is 22.0 Å². The van der Waals surface area contributed by atoms with Crippen LogP contribution < -0.4 is 10.1 Å². The van der Waals surface area contributed by atoms with Crippen molar-refractivity contribution in [1.29, 1.82) is 0 Å². The van der Waals surface area contributed by atoms with Crippen LogP contribution in [0.25, 0.3) is 0 Å². The van der Waals surface area contributed by atoms with E-state index in [1.54, 1.807) is 19.2 Å². The van der Waals surface area contributed by atoms with Gasteiger partial charge in [-0.05, 0) is 30.9 Å². The van der Waals surface area contributed by atoms with Gasteiger partial charge < -0.3 is 10.1 Å². The molecule has 0 spiro atoms. The molecule has 21 heavy (non-hydrogen) atoms. The summed E-state index contributed by atoms with van der Waals surface area (Å²) in [5, 5.41) is 14.3. The summed E-state index contributed by atoms with van der Waals surface area (Å²) >= 11 is 0. The average Bonchev–Trinajstić information content (AvgIpc) is 2.49. The molecule has 0 aliphatic heterocycles. The smallest absolute Gasteiger partial charge is 0.270 e. The maximum Gasteiger partial charge on any atom is 0.270 e. The number of nitro benzene ring substituents is 1. The van der Waals surface area contributed by atoms with Crippen molar-refractivity contribution >= 4 is 5.69 Å². The van der Waals surface area contributed by atoms with Gasteiger partial charge in [0.2, 0.25) is 0 Å². The standard InChI is InChI=1S/C16H24N2O3/c1-12-5-3-4-6-13(12)10-17-11-14-9-15(18(19)20)7-8-16(14)21-2/h7-9,12-13,17H,3-6,10-11H2,1-2H3. The molecule has 1 aromatic carbocycles. The molecule has 0 aromatic heterocycles. The van der Waals surface area contributed by atoms with Gasteiger partial charge in [0.1, 0.15) is 5.75 Å². The minimum Gasteiger partial charge on any atom is -0.496 e. The molecule has 0 radical (unpaired) electrons. The topological polar surface area (TPSA) is 64.4 Å². The first-order chi connectivity index (χ1) is 10.1. The van der Waals surface area contributed by atoms with E-state index in [0.29, 0.717) is 18.2 Å². The van der Waals surface area contributed by atoms with Crippen LogP contribution in [0.15, 0.2) is 18.2 Å². The van der Waals surface area contributed by atoms with Crippen LogP contribution in [0.3, 0.4) is 0 Å². The molecule has 0 amide bonds. The van der Waals surface area contributed by atoms with E-state index in [2.05, 4.69) is 12.2 Å². The number of nitrogens with one attached hydrogen (secondary N) is 1. The lowest BCUT2D eigenvalue weighted by Gasteiger charge is -2.29. The minimum atomic E-state index is -0.369. The monoisotopic (exact) mass is 292 g/mol. The second-order valence-corrected chi connectivity index (χ2v) is 5.91. The summed E-state index contributed by atoms with van der Waals surface area (Å²) in [5.74, 6) is 2.17. The van der Waals surface area contributed by atoms with Gasteiger partial charge in [0, 0.05) is 24.2 Å². The summed E-state index contributed by atoms with van der Waals surface area (Å²) in [6.07, 6.45) is 5.25. The van der Waals surface area contributed by atoms with Gasteiger partial charge in [-0.15, -0.1) is 0 Å². The Morgan fingerprint density at radius 2 is 2.14 bits per heavy atom. The summed E-state index contributed by atoms with van der Waals surface area (Å²) in [6.45, 7) is 3.89. The fourth-order valence-electron chi connectivity index (χ4n) is 3.11. The van der Waals surface area contributed by atoms with E-state index in [4.69, 9.17) is 4.74 Å². The molecule has 2 unspecified atom stereocenters. The second-order valence-electron chi connectivity index (χ2n) is 5.91. The summed E-state index contributed by atoms with van der Waals surface area (Å²) in [7, 11) is 1.59. The van der Waals surface area contributed by atoms with E-state index in [9.17, 15) is 10.1 Å². The zero-order valence-corrected chi connectivity index (χ0v) is 12.8. The highest BCUT2D eigenvalue weighted by Gasteiger charge is 2.21. The Kier molecular flexibility index (Phi) is 5.56. The van der Waals surface area contributed by atoms with Crippen molar-refractivity contribution in [3.63, 3.8) is 0 Å². The number of nitrogens with zero attached hydrogens (tertiary/aromatic N) is 1. The molecule has 1 fully saturated rings. The molecule has 1 aliphatic carbocycles. The van der Waals surface area contributed by atoms with Gasteiger partial charge in [-0.1, -0.05) is 26.2 Å². The van der Waals surface area contributed by atoms with Gasteiger partial charge in [-0.25, -0.2) is 0 Å². The first-order valence-electron chi connectivity index (χ1n) is 7.64. The lowest BCUT2D eigenvalue weighted by molar-refractivity contribution is -0.384. The number of hydrogen-bond donors (Lipinski definition) is 1. The summed E-state index contributed by atoms with van der Waals surface area (Å²) < 4.78 is 5.28. The molecule has 1 aromatic rings. The normalized spacial score (nSPS) is 22.0. The lowest BCUT2D eigenvalue weighted by atomic mass is 9.80.